The first-order chi connectivity index (χ1) is 12.2. The molecule has 0 radical (unpaired) electrons. The number of rotatable bonds is 5. The topological polar surface area (TPSA) is 45.8 Å². The first-order valence-corrected chi connectivity index (χ1v) is 8.50. The third kappa shape index (κ3) is 3.46. The number of halogens is 1. The monoisotopic (exact) mass is 343 g/mol. The lowest BCUT2D eigenvalue weighted by Gasteiger charge is -2.25. The number of ether oxygens (including phenoxy) is 2. The molecule has 0 amide bonds. The molecule has 4 rings (SSSR count). The van der Waals surface area contributed by atoms with Gasteiger partial charge < -0.3 is 14.4 Å². The Morgan fingerprint density at radius 2 is 2.00 bits per heavy atom. The van der Waals surface area contributed by atoms with Crippen LogP contribution in [0.1, 0.15) is 17.2 Å². The van der Waals surface area contributed by atoms with Gasteiger partial charge in [0.1, 0.15) is 5.82 Å². The molecule has 6 heteroatoms. The van der Waals surface area contributed by atoms with Crippen molar-refractivity contribution >= 4 is 0 Å². The third-order valence-corrected chi connectivity index (χ3v) is 4.79. The summed E-state index contributed by atoms with van der Waals surface area (Å²) in [6.45, 7) is 2.86. The van der Waals surface area contributed by atoms with E-state index in [-0.39, 0.29) is 11.9 Å². The number of fused-ring (bicyclic) bond motifs is 1. The van der Waals surface area contributed by atoms with Gasteiger partial charge in [0.05, 0.1) is 6.04 Å². The standard InChI is InChI=1S/C19H22FN3O2/c1-23(10-14-3-2-4-17-19(14)25-12-24-17)11-15-9-21-22-18(15)13-5-7-16(20)8-6-13/h2-8,15,18,21-22H,9-12H2,1H3. The molecule has 25 heavy (non-hydrogen) atoms. The second-order valence-corrected chi connectivity index (χ2v) is 6.66. The SMILES string of the molecule is CN(Cc1cccc2c1OCO2)CC1CNNC1c1ccc(F)cc1. The van der Waals surface area contributed by atoms with Crippen LogP contribution in [-0.4, -0.2) is 31.8 Å². The quantitative estimate of drug-likeness (QED) is 0.873. The van der Waals surface area contributed by atoms with E-state index >= 15 is 0 Å². The molecule has 2 aromatic rings. The van der Waals surface area contributed by atoms with E-state index in [9.17, 15) is 4.39 Å². The maximum atomic E-state index is 13.2. The largest absolute Gasteiger partial charge is 0.454 e. The van der Waals surface area contributed by atoms with Crippen molar-refractivity contribution in [3.05, 3.63) is 59.4 Å². The number of nitrogens with zero attached hydrogens (tertiary/aromatic N) is 1. The van der Waals surface area contributed by atoms with Gasteiger partial charge in [-0.05, 0) is 30.8 Å². The molecule has 132 valence electrons. The zero-order valence-corrected chi connectivity index (χ0v) is 14.2. The van der Waals surface area contributed by atoms with Crippen molar-refractivity contribution in [2.45, 2.75) is 12.6 Å². The fourth-order valence-electron chi connectivity index (χ4n) is 3.60. The Labute approximate surface area is 146 Å². The van der Waals surface area contributed by atoms with Gasteiger partial charge in [-0.15, -0.1) is 0 Å². The molecular weight excluding hydrogens is 321 g/mol. The molecule has 2 aromatic carbocycles. The van der Waals surface area contributed by atoms with Crippen LogP contribution in [0.5, 0.6) is 11.5 Å². The summed E-state index contributed by atoms with van der Waals surface area (Å²) >= 11 is 0. The predicted octanol–water partition coefficient (Wildman–Crippen LogP) is 2.45. The Hall–Kier alpha value is -2.15. The summed E-state index contributed by atoms with van der Waals surface area (Å²) in [5.74, 6) is 1.86. The van der Waals surface area contributed by atoms with Crippen LogP contribution in [0.25, 0.3) is 0 Å². The molecule has 1 fully saturated rings. The number of hydrogen-bond donors (Lipinski definition) is 2. The normalized spacial score (nSPS) is 21.9. The van der Waals surface area contributed by atoms with Crippen molar-refractivity contribution in [1.82, 2.24) is 15.8 Å². The number of nitrogens with one attached hydrogen (secondary N) is 2. The second kappa shape index (κ2) is 7.00. The van der Waals surface area contributed by atoms with Gasteiger partial charge in [-0.25, -0.2) is 9.82 Å². The van der Waals surface area contributed by atoms with Crippen molar-refractivity contribution in [3.63, 3.8) is 0 Å². The zero-order chi connectivity index (χ0) is 17.2. The number of para-hydroxylation sites is 1. The summed E-state index contributed by atoms with van der Waals surface area (Å²) in [6, 6.07) is 12.9. The highest BCUT2D eigenvalue weighted by atomic mass is 19.1. The van der Waals surface area contributed by atoms with Crippen LogP contribution >= 0.6 is 0 Å². The van der Waals surface area contributed by atoms with Crippen molar-refractivity contribution in [3.8, 4) is 11.5 Å². The Bertz CT molecular complexity index is 738. The summed E-state index contributed by atoms with van der Waals surface area (Å²) in [5, 5.41) is 0. The lowest BCUT2D eigenvalue weighted by Crippen LogP contribution is -2.30. The lowest BCUT2D eigenvalue weighted by molar-refractivity contribution is 0.172. The van der Waals surface area contributed by atoms with Crippen LogP contribution in [0.3, 0.4) is 0 Å². The van der Waals surface area contributed by atoms with Gasteiger partial charge in [0, 0.05) is 31.1 Å². The molecule has 2 heterocycles. The van der Waals surface area contributed by atoms with Crippen molar-refractivity contribution in [1.29, 1.82) is 0 Å². The van der Waals surface area contributed by atoms with Gasteiger partial charge in [-0.1, -0.05) is 24.3 Å². The molecule has 0 saturated carbocycles. The Kier molecular flexibility index (Phi) is 4.57. The van der Waals surface area contributed by atoms with Crippen molar-refractivity contribution in [2.75, 3.05) is 26.9 Å². The first-order valence-electron chi connectivity index (χ1n) is 8.50. The molecule has 1 saturated heterocycles. The molecule has 2 atom stereocenters. The highest BCUT2D eigenvalue weighted by molar-refractivity contribution is 5.48. The van der Waals surface area contributed by atoms with Gasteiger partial charge in [0.25, 0.3) is 0 Å². The molecule has 2 aliphatic heterocycles. The molecule has 0 spiro atoms. The maximum Gasteiger partial charge on any atom is 0.231 e. The minimum atomic E-state index is -0.205. The van der Waals surface area contributed by atoms with Crippen LogP contribution in [0.15, 0.2) is 42.5 Å². The van der Waals surface area contributed by atoms with Crippen LogP contribution in [-0.2, 0) is 6.54 Å². The van der Waals surface area contributed by atoms with Crippen LogP contribution in [0.4, 0.5) is 4.39 Å². The molecule has 2 unspecified atom stereocenters. The predicted molar refractivity (Wildman–Crippen MR) is 92.7 cm³/mol. The molecule has 0 aliphatic carbocycles. The summed E-state index contributed by atoms with van der Waals surface area (Å²) in [4.78, 5) is 2.28. The first kappa shape index (κ1) is 16.3. The van der Waals surface area contributed by atoms with Gasteiger partial charge >= 0.3 is 0 Å². The van der Waals surface area contributed by atoms with Gasteiger partial charge in [0.15, 0.2) is 11.5 Å². The zero-order valence-electron chi connectivity index (χ0n) is 14.2. The highest BCUT2D eigenvalue weighted by Gasteiger charge is 2.29. The Balaban J connectivity index is 1.42. The fraction of sp³-hybridized carbons (Fsp3) is 0.368. The van der Waals surface area contributed by atoms with Crippen LogP contribution in [0, 0.1) is 11.7 Å². The number of hydrogen-bond acceptors (Lipinski definition) is 5. The van der Waals surface area contributed by atoms with Gasteiger partial charge in [0.2, 0.25) is 6.79 Å². The lowest BCUT2D eigenvalue weighted by atomic mass is 9.94. The maximum absolute atomic E-state index is 13.2. The van der Waals surface area contributed by atoms with Gasteiger partial charge in [-0.3, -0.25) is 5.43 Å². The molecule has 0 bridgehead atoms. The Morgan fingerprint density at radius 1 is 1.16 bits per heavy atom. The smallest absolute Gasteiger partial charge is 0.231 e. The summed E-state index contributed by atoms with van der Waals surface area (Å²) < 4.78 is 24.2. The minimum absolute atomic E-state index is 0.170. The van der Waals surface area contributed by atoms with Crippen molar-refractivity contribution < 1.29 is 13.9 Å². The molecule has 5 nitrogen and oxygen atoms in total. The molecular formula is C19H22FN3O2. The van der Waals surface area contributed by atoms with E-state index in [2.05, 4.69) is 28.9 Å². The highest BCUT2D eigenvalue weighted by Crippen LogP contribution is 2.36. The molecule has 2 aliphatic rings. The molecule has 2 N–H and O–H groups in total. The second-order valence-electron chi connectivity index (χ2n) is 6.66. The van der Waals surface area contributed by atoms with E-state index in [0.29, 0.717) is 12.7 Å². The average Bonchev–Trinajstić information content (AvgIpc) is 3.25. The van der Waals surface area contributed by atoms with E-state index in [4.69, 9.17) is 9.47 Å². The van der Waals surface area contributed by atoms with E-state index < -0.39 is 0 Å². The molecule has 0 aromatic heterocycles. The Morgan fingerprint density at radius 3 is 2.84 bits per heavy atom. The number of benzene rings is 2. The average molecular weight is 343 g/mol. The van der Waals surface area contributed by atoms with E-state index in [0.717, 1.165) is 42.3 Å². The van der Waals surface area contributed by atoms with Crippen LogP contribution < -0.4 is 20.3 Å². The summed E-state index contributed by atoms with van der Waals surface area (Å²) in [7, 11) is 2.11. The third-order valence-electron chi connectivity index (χ3n) is 4.79. The van der Waals surface area contributed by atoms with E-state index in [1.54, 1.807) is 0 Å². The number of hydrazine groups is 1. The summed E-state index contributed by atoms with van der Waals surface area (Å²) in [6.07, 6.45) is 0. The van der Waals surface area contributed by atoms with Crippen molar-refractivity contribution in [2.24, 2.45) is 5.92 Å². The van der Waals surface area contributed by atoms with E-state index in [1.807, 2.05) is 24.3 Å². The van der Waals surface area contributed by atoms with E-state index in [1.165, 1.54) is 12.1 Å². The summed E-state index contributed by atoms with van der Waals surface area (Å²) in [5.41, 5.74) is 8.77. The van der Waals surface area contributed by atoms with Gasteiger partial charge in [-0.2, -0.15) is 0 Å². The van der Waals surface area contributed by atoms with Crippen LogP contribution in [0.2, 0.25) is 0 Å². The minimum Gasteiger partial charge on any atom is -0.454 e. The fourth-order valence-corrected chi connectivity index (χ4v) is 3.60.